The van der Waals surface area contributed by atoms with E-state index in [1.807, 2.05) is 30.3 Å². The second-order valence-corrected chi connectivity index (χ2v) is 7.01. The van der Waals surface area contributed by atoms with Crippen molar-refractivity contribution in [2.45, 2.75) is 26.2 Å². The quantitative estimate of drug-likeness (QED) is 0.729. The third kappa shape index (κ3) is 3.29. The van der Waals surface area contributed by atoms with Crippen LogP contribution in [0.2, 0.25) is 0 Å². The summed E-state index contributed by atoms with van der Waals surface area (Å²) in [4.78, 5) is 27.4. The van der Waals surface area contributed by atoms with Gasteiger partial charge in [0.2, 0.25) is 0 Å². The maximum Gasteiger partial charge on any atom is 0.257 e. The van der Waals surface area contributed by atoms with E-state index in [4.69, 9.17) is 0 Å². The number of likely N-dealkylation sites (tertiary alicyclic amines) is 1. The Hall–Kier alpha value is -2.82. The molecule has 0 N–H and O–H groups in total. The van der Waals surface area contributed by atoms with Crippen LogP contribution < -0.4 is 0 Å². The number of aryl methyl sites for hydroxylation is 1. The van der Waals surface area contributed by atoms with Gasteiger partial charge in [0.05, 0.1) is 11.3 Å². The van der Waals surface area contributed by atoms with E-state index in [-0.39, 0.29) is 5.91 Å². The van der Waals surface area contributed by atoms with Gasteiger partial charge < -0.3 is 4.90 Å². The van der Waals surface area contributed by atoms with E-state index in [0.29, 0.717) is 11.5 Å². The van der Waals surface area contributed by atoms with E-state index in [9.17, 15) is 4.79 Å². The highest BCUT2D eigenvalue weighted by Crippen LogP contribution is 2.26. The van der Waals surface area contributed by atoms with E-state index in [2.05, 4.69) is 33.2 Å². The van der Waals surface area contributed by atoms with Crippen molar-refractivity contribution in [3.8, 4) is 0 Å². The Labute approximate surface area is 153 Å². The largest absolute Gasteiger partial charge is 0.338 e. The van der Waals surface area contributed by atoms with Gasteiger partial charge in [-0.25, -0.2) is 9.97 Å². The van der Waals surface area contributed by atoms with Crippen LogP contribution in [-0.2, 0) is 6.42 Å². The third-order valence-corrected chi connectivity index (χ3v) is 5.21. The van der Waals surface area contributed by atoms with Gasteiger partial charge in [-0.3, -0.25) is 9.78 Å². The first-order chi connectivity index (χ1) is 12.7. The lowest BCUT2D eigenvalue weighted by Gasteiger charge is -2.33. The number of nitrogens with zero attached hydrogens (tertiary/aromatic N) is 4. The zero-order valence-corrected chi connectivity index (χ0v) is 14.9. The number of carbonyl (C=O) groups excluding carboxylic acids is 1. The number of fused-ring (bicyclic) bond motifs is 1. The fourth-order valence-corrected chi connectivity index (χ4v) is 3.84. The average molecular weight is 346 g/mol. The predicted molar refractivity (Wildman–Crippen MR) is 101 cm³/mol. The van der Waals surface area contributed by atoms with Gasteiger partial charge >= 0.3 is 0 Å². The molecule has 1 aliphatic rings. The molecule has 1 atom stereocenters. The van der Waals surface area contributed by atoms with Crippen LogP contribution in [0.25, 0.3) is 10.8 Å². The van der Waals surface area contributed by atoms with Crippen LogP contribution in [0.3, 0.4) is 0 Å². The highest BCUT2D eigenvalue weighted by Gasteiger charge is 2.26. The molecule has 26 heavy (non-hydrogen) atoms. The van der Waals surface area contributed by atoms with Crippen molar-refractivity contribution in [2.24, 2.45) is 5.92 Å². The van der Waals surface area contributed by atoms with Gasteiger partial charge in [-0.1, -0.05) is 24.3 Å². The number of rotatable bonds is 3. The molecule has 0 radical (unpaired) electrons. The first-order valence-corrected chi connectivity index (χ1v) is 9.10. The summed E-state index contributed by atoms with van der Waals surface area (Å²) in [7, 11) is 0. The number of benzene rings is 1. The van der Waals surface area contributed by atoms with E-state index in [0.717, 1.165) is 38.0 Å². The van der Waals surface area contributed by atoms with Gasteiger partial charge in [-0.15, -0.1) is 0 Å². The van der Waals surface area contributed by atoms with Gasteiger partial charge in [0.15, 0.2) is 0 Å². The summed E-state index contributed by atoms with van der Waals surface area (Å²) in [5.41, 5.74) is 2.62. The molecule has 132 valence electrons. The monoisotopic (exact) mass is 346 g/mol. The number of carbonyl (C=O) groups is 1. The lowest BCUT2D eigenvalue weighted by molar-refractivity contribution is 0.0672. The Morgan fingerprint density at radius 2 is 2.08 bits per heavy atom. The van der Waals surface area contributed by atoms with Crippen LogP contribution in [0.1, 0.15) is 34.5 Å². The van der Waals surface area contributed by atoms with Crippen molar-refractivity contribution >= 4 is 16.7 Å². The second kappa shape index (κ2) is 7.20. The second-order valence-electron chi connectivity index (χ2n) is 7.01. The fraction of sp³-hybridized carbons (Fsp3) is 0.333. The molecule has 3 aromatic rings. The molecule has 0 aliphatic carbocycles. The molecule has 2 aromatic heterocycles. The molecular weight excluding hydrogens is 324 g/mol. The maximum absolute atomic E-state index is 12.9. The van der Waals surface area contributed by atoms with Gasteiger partial charge in [0.25, 0.3) is 5.91 Å². The highest BCUT2D eigenvalue weighted by molar-refractivity contribution is 5.95. The topological polar surface area (TPSA) is 59.0 Å². The number of aromatic nitrogens is 3. The summed E-state index contributed by atoms with van der Waals surface area (Å²) >= 11 is 0. The van der Waals surface area contributed by atoms with Crippen molar-refractivity contribution in [3.63, 3.8) is 0 Å². The molecule has 5 nitrogen and oxygen atoms in total. The van der Waals surface area contributed by atoms with Crippen molar-refractivity contribution in [2.75, 3.05) is 13.1 Å². The standard InChI is InChI=1S/C21H22N4O/c1-15-20(12-23-14-24-15)21(26)25-8-4-5-16(13-25)9-18-11-22-10-17-6-2-3-7-19(17)18/h2-3,6-7,10-12,14,16H,4-5,8-9,13H2,1H3/t16-/m1/s1. The normalized spacial score (nSPS) is 17.4. The molecular formula is C21H22N4O. The summed E-state index contributed by atoms with van der Waals surface area (Å²) < 4.78 is 0. The average Bonchev–Trinajstić information content (AvgIpc) is 2.68. The fourth-order valence-electron chi connectivity index (χ4n) is 3.84. The molecule has 1 saturated heterocycles. The van der Waals surface area contributed by atoms with Gasteiger partial charge in [-0.05, 0) is 43.1 Å². The molecule has 0 bridgehead atoms. The third-order valence-electron chi connectivity index (χ3n) is 5.21. The number of amides is 1. The first-order valence-electron chi connectivity index (χ1n) is 9.10. The Balaban J connectivity index is 1.52. The minimum atomic E-state index is 0.0452. The summed E-state index contributed by atoms with van der Waals surface area (Å²) in [5, 5.41) is 2.43. The summed E-state index contributed by atoms with van der Waals surface area (Å²) in [6, 6.07) is 8.36. The SMILES string of the molecule is Cc1ncncc1C(=O)N1CCC[C@H](Cc2cncc3ccccc23)C1. The predicted octanol–water partition coefficient (Wildman–Crippen LogP) is 3.43. The molecule has 0 unspecified atom stereocenters. The minimum absolute atomic E-state index is 0.0452. The maximum atomic E-state index is 12.9. The zero-order chi connectivity index (χ0) is 17.9. The smallest absolute Gasteiger partial charge is 0.257 e. The Morgan fingerprint density at radius 1 is 1.19 bits per heavy atom. The van der Waals surface area contributed by atoms with Gasteiger partial charge in [-0.2, -0.15) is 0 Å². The number of pyridine rings is 1. The lowest BCUT2D eigenvalue weighted by Crippen LogP contribution is -2.41. The van der Waals surface area contributed by atoms with Crippen LogP contribution in [-0.4, -0.2) is 38.8 Å². The molecule has 3 heterocycles. The Morgan fingerprint density at radius 3 is 2.96 bits per heavy atom. The lowest BCUT2D eigenvalue weighted by atomic mass is 9.90. The van der Waals surface area contributed by atoms with Crippen molar-refractivity contribution < 1.29 is 4.79 Å². The molecule has 0 spiro atoms. The van der Waals surface area contributed by atoms with Crippen molar-refractivity contribution in [1.29, 1.82) is 0 Å². The number of hydrogen-bond donors (Lipinski definition) is 0. The van der Waals surface area contributed by atoms with Crippen LogP contribution in [0.5, 0.6) is 0 Å². The van der Waals surface area contributed by atoms with E-state index >= 15 is 0 Å². The molecule has 1 aliphatic heterocycles. The Bertz CT molecular complexity index is 935. The van der Waals surface area contributed by atoms with E-state index in [1.165, 1.54) is 22.7 Å². The number of hydrogen-bond acceptors (Lipinski definition) is 4. The molecule has 1 aromatic carbocycles. The van der Waals surface area contributed by atoms with E-state index in [1.54, 1.807) is 6.20 Å². The van der Waals surface area contributed by atoms with E-state index < -0.39 is 0 Å². The summed E-state index contributed by atoms with van der Waals surface area (Å²) in [5.74, 6) is 0.495. The molecule has 5 heteroatoms. The molecule has 1 fully saturated rings. The highest BCUT2D eigenvalue weighted by atomic mass is 16.2. The van der Waals surface area contributed by atoms with Crippen LogP contribution in [0.15, 0.2) is 49.2 Å². The van der Waals surface area contributed by atoms with Gasteiger partial charge in [0, 0.05) is 37.1 Å². The van der Waals surface area contributed by atoms with Crippen LogP contribution >= 0.6 is 0 Å². The number of piperidine rings is 1. The molecule has 4 rings (SSSR count). The van der Waals surface area contributed by atoms with Crippen LogP contribution in [0.4, 0.5) is 0 Å². The molecule has 1 amide bonds. The minimum Gasteiger partial charge on any atom is -0.338 e. The Kier molecular flexibility index (Phi) is 4.61. The summed E-state index contributed by atoms with van der Waals surface area (Å²) in [6.07, 6.45) is 10.1. The van der Waals surface area contributed by atoms with Crippen molar-refractivity contribution in [3.05, 3.63) is 66.0 Å². The van der Waals surface area contributed by atoms with Crippen molar-refractivity contribution in [1.82, 2.24) is 19.9 Å². The van der Waals surface area contributed by atoms with Gasteiger partial charge in [0.1, 0.15) is 6.33 Å². The molecule has 0 saturated carbocycles. The zero-order valence-electron chi connectivity index (χ0n) is 14.9. The first kappa shape index (κ1) is 16.6. The summed E-state index contributed by atoms with van der Waals surface area (Å²) in [6.45, 7) is 3.44. The van der Waals surface area contributed by atoms with Crippen LogP contribution in [0, 0.1) is 12.8 Å².